The highest BCUT2D eigenvalue weighted by Crippen LogP contribution is 2.33. The molecule has 1 aliphatic rings. The van der Waals surface area contributed by atoms with E-state index in [1.807, 2.05) is 25.1 Å². The molecule has 0 aromatic heterocycles. The molecule has 2 rings (SSSR count). The van der Waals surface area contributed by atoms with E-state index in [0.717, 1.165) is 12.0 Å². The average Bonchev–Trinajstić information content (AvgIpc) is 2.78. The third kappa shape index (κ3) is 4.05. The van der Waals surface area contributed by atoms with Crippen molar-refractivity contribution in [2.24, 2.45) is 5.92 Å². The summed E-state index contributed by atoms with van der Waals surface area (Å²) in [6, 6.07) is 7.44. The number of rotatable bonds is 6. The van der Waals surface area contributed by atoms with Gasteiger partial charge in [-0.25, -0.2) is 0 Å². The second kappa shape index (κ2) is 7.35. The van der Waals surface area contributed by atoms with Gasteiger partial charge < -0.3 is 10.2 Å². The summed E-state index contributed by atoms with van der Waals surface area (Å²) in [5.41, 5.74) is 0.0679. The molecular formula is C18H25ClN2O2. The summed E-state index contributed by atoms with van der Waals surface area (Å²) in [6.07, 6.45) is 1.88. The summed E-state index contributed by atoms with van der Waals surface area (Å²) in [4.78, 5) is 26.6. The van der Waals surface area contributed by atoms with Gasteiger partial charge in [0.05, 0.1) is 0 Å². The maximum Gasteiger partial charge on any atom is 0.245 e. The summed E-state index contributed by atoms with van der Waals surface area (Å²) < 4.78 is 0. The minimum Gasteiger partial charge on any atom is -0.354 e. The van der Waals surface area contributed by atoms with E-state index in [0.29, 0.717) is 36.9 Å². The van der Waals surface area contributed by atoms with E-state index >= 15 is 0 Å². The van der Waals surface area contributed by atoms with E-state index in [9.17, 15) is 9.59 Å². The zero-order valence-corrected chi connectivity index (χ0v) is 14.8. The van der Waals surface area contributed by atoms with E-state index in [1.54, 1.807) is 11.0 Å². The second-order valence-corrected chi connectivity index (χ2v) is 7.19. The number of carbonyl (C=O) groups is 2. The number of nitrogens with one attached hydrogen (secondary N) is 1. The summed E-state index contributed by atoms with van der Waals surface area (Å²) in [7, 11) is 0. The Kier molecular flexibility index (Phi) is 5.69. The van der Waals surface area contributed by atoms with Crippen LogP contribution in [0.5, 0.6) is 0 Å². The molecule has 1 atom stereocenters. The molecule has 1 N–H and O–H groups in total. The predicted molar refractivity (Wildman–Crippen MR) is 92.1 cm³/mol. The minimum absolute atomic E-state index is 0.00595. The topological polar surface area (TPSA) is 49.4 Å². The van der Waals surface area contributed by atoms with Crippen LogP contribution >= 0.6 is 11.6 Å². The van der Waals surface area contributed by atoms with Crippen molar-refractivity contribution in [2.45, 2.75) is 52.1 Å². The van der Waals surface area contributed by atoms with E-state index in [-0.39, 0.29) is 11.8 Å². The molecule has 1 aromatic rings. The average molecular weight is 337 g/mol. The van der Waals surface area contributed by atoms with Gasteiger partial charge in [0.15, 0.2) is 0 Å². The molecule has 126 valence electrons. The first kappa shape index (κ1) is 17.8. The fraction of sp³-hybridized carbons (Fsp3) is 0.556. The van der Waals surface area contributed by atoms with Gasteiger partial charge in [0.2, 0.25) is 11.8 Å². The van der Waals surface area contributed by atoms with Gasteiger partial charge in [0.1, 0.15) is 5.54 Å². The number of likely N-dealkylation sites (tertiary alicyclic amines) is 1. The van der Waals surface area contributed by atoms with Crippen molar-refractivity contribution >= 4 is 23.4 Å². The largest absolute Gasteiger partial charge is 0.354 e. The Morgan fingerprint density at radius 3 is 2.74 bits per heavy atom. The Hall–Kier alpha value is -1.55. The molecule has 1 aliphatic heterocycles. The van der Waals surface area contributed by atoms with Crippen LogP contribution in [0.25, 0.3) is 0 Å². The van der Waals surface area contributed by atoms with Gasteiger partial charge >= 0.3 is 0 Å². The smallest absolute Gasteiger partial charge is 0.245 e. The molecule has 2 amide bonds. The Morgan fingerprint density at radius 1 is 1.39 bits per heavy atom. The van der Waals surface area contributed by atoms with Crippen LogP contribution in [-0.4, -0.2) is 28.8 Å². The highest BCUT2D eigenvalue weighted by molar-refractivity contribution is 6.31. The lowest BCUT2D eigenvalue weighted by molar-refractivity contribution is -0.141. The molecule has 23 heavy (non-hydrogen) atoms. The van der Waals surface area contributed by atoms with Crippen LogP contribution < -0.4 is 5.32 Å². The lowest BCUT2D eigenvalue weighted by atomic mass is 9.96. The van der Waals surface area contributed by atoms with E-state index in [1.165, 1.54) is 0 Å². The Morgan fingerprint density at radius 2 is 2.09 bits per heavy atom. The van der Waals surface area contributed by atoms with Crippen molar-refractivity contribution in [2.75, 3.05) is 6.54 Å². The van der Waals surface area contributed by atoms with Crippen LogP contribution in [0, 0.1) is 5.92 Å². The number of amides is 2. The maximum atomic E-state index is 12.6. The number of benzene rings is 1. The summed E-state index contributed by atoms with van der Waals surface area (Å²) >= 11 is 6.20. The molecule has 1 fully saturated rings. The zero-order valence-electron chi connectivity index (χ0n) is 14.1. The normalized spacial score (nSPS) is 21.1. The van der Waals surface area contributed by atoms with Crippen LogP contribution in [0.3, 0.4) is 0 Å². The Labute approximate surface area is 143 Å². The first-order valence-corrected chi connectivity index (χ1v) is 8.54. The minimum atomic E-state index is -0.798. The van der Waals surface area contributed by atoms with Gasteiger partial charge in [-0.1, -0.05) is 43.6 Å². The maximum absolute atomic E-state index is 12.6. The molecule has 0 bridgehead atoms. The third-order valence-electron chi connectivity index (χ3n) is 4.51. The molecule has 5 heteroatoms. The van der Waals surface area contributed by atoms with Crippen molar-refractivity contribution in [1.82, 2.24) is 10.2 Å². The molecule has 1 saturated heterocycles. The van der Waals surface area contributed by atoms with Crippen LogP contribution in [0.4, 0.5) is 0 Å². The van der Waals surface area contributed by atoms with Crippen molar-refractivity contribution in [1.29, 1.82) is 0 Å². The monoisotopic (exact) mass is 336 g/mol. The molecule has 0 unspecified atom stereocenters. The zero-order chi connectivity index (χ0) is 17.0. The van der Waals surface area contributed by atoms with Gasteiger partial charge in [-0.2, -0.15) is 0 Å². The number of halogens is 1. The molecular weight excluding hydrogens is 312 g/mol. The lowest BCUT2D eigenvalue weighted by Gasteiger charge is -2.34. The van der Waals surface area contributed by atoms with Crippen LogP contribution in [0.15, 0.2) is 24.3 Å². The Bertz CT molecular complexity index is 588. The van der Waals surface area contributed by atoms with Gasteiger partial charge in [-0.3, -0.25) is 9.59 Å². The van der Waals surface area contributed by atoms with Gasteiger partial charge in [-0.15, -0.1) is 0 Å². The fourth-order valence-corrected chi connectivity index (χ4v) is 3.05. The number of hydrogen-bond acceptors (Lipinski definition) is 2. The van der Waals surface area contributed by atoms with Crippen LogP contribution in [-0.2, 0) is 16.1 Å². The van der Waals surface area contributed by atoms with Crippen LogP contribution in [0.2, 0.25) is 5.02 Å². The molecule has 1 aromatic carbocycles. The summed E-state index contributed by atoms with van der Waals surface area (Å²) in [6.45, 7) is 7.10. The SMILES string of the molecule is CC(C)CCNC(=O)[C@]1(C)CCC(=O)N1Cc1ccccc1Cl. The van der Waals surface area contributed by atoms with Crippen LogP contribution in [0.1, 0.15) is 45.6 Å². The van der Waals surface area contributed by atoms with E-state index < -0.39 is 5.54 Å². The van der Waals surface area contributed by atoms with Crippen molar-refractivity contribution in [3.8, 4) is 0 Å². The number of hydrogen-bond donors (Lipinski definition) is 1. The molecule has 1 heterocycles. The highest BCUT2D eigenvalue weighted by atomic mass is 35.5. The molecule has 0 radical (unpaired) electrons. The molecule has 4 nitrogen and oxygen atoms in total. The predicted octanol–water partition coefficient (Wildman–Crippen LogP) is 3.38. The summed E-state index contributed by atoms with van der Waals surface area (Å²) in [5.74, 6) is 0.468. The number of carbonyl (C=O) groups excluding carboxylic acids is 2. The third-order valence-corrected chi connectivity index (χ3v) is 4.87. The highest BCUT2D eigenvalue weighted by Gasteiger charge is 2.47. The first-order valence-electron chi connectivity index (χ1n) is 8.17. The van der Waals surface area contributed by atoms with Gasteiger partial charge in [-0.05, 0) is 37.3 Å². The Balaban J connectivity index is 2.11. The van der Waals surface area contributed by atoms with Crippen molar-refractivity contribution in [3.05, 3.63) is 34.9 Å². The van der Waals surface area contributed by atoms with E-state index in [2.05, 4.69) is 19.2 Å². The quantitative estimate of drug-likeness (QED) is 0.865. The standard InChI is InChI=1S/C18H25ClN2O2/c1-13(2)9-11-20-17(23)18(3)10-8-16(22)21(18)12-14-6-4-5-7-15(14)19/h4-7,13H,8-12H2,1-3H3,(H,20,23)/t18-/m0/s1. The molecule has 0 saturated carbocycles. The molecule has 0 aliphatic carbocycles. The first-order chi connectivity index (χ1) is 10.8. The molecule has 0 spiro atoms. The summed E-state index contributed by atoms with van der Waals surface area (Å²) in [5, 5.41) is 3.60. The number of nitrogens with zero attached hydrogens (tertiary/aromatic N) is 1. The second-order valence-electron chi connectivity index (χ2n) is 6.78. The van der Waals surface area contributed by atoms with Gasteiger partial charge in [0, 0.05) is 24.5 Å². The van der Waals surface area contributed by atoms with E-state index in [4.69, 9.17) is 11.6 Å². The van der Waals surface area contributed by atoms with Crippen molar-refractivity contribution in [3.63, 3.8) is 0 Å². The lowest BCUT2D eigenvalue weighted by Crippen LogP contribution is -2.54. The fourth-order valence-electron chi connectivity index (χ4n) is 2.86. The van der Waals surface area contributed by atoms with Crippen molar-refractivity contribution < 1.29 is 9.59 Å². The van der Waals surface area contributed by atoms with Gasteiger partial charge in [0.25, 0.3) is 0 Å².